The van der Waals surface area contributed by atoms with E-state index in [0.717, 1.165) is 32.2 Å². The Morgan fingerprint density at radius 1 is 0.800 bits per heavy atom. The van der Waals surface area contributed by atoms with Crippen LogP contribution >= 0.6 is 0 Å². The minimum Gasteiger partial charge on any atom is -0.367 e. The zero-order valence-corrected chi connectivity index (χ0v) is 18.3. The zero-order chi connectivity index (χ0) is 21.3. The molecule has 0 unspecified atom stereocenters. The summed E-state index contributed by atoms with van der Waals surface area (Å²) in [7, 11) is -4.08. The third-order valence-corrected chi connectivity index (χ3v) is 8.29. The number of ketones is 2. The maximum Gasteiger partial charge on any atom is 0.249 e. The summed E-state index contributed by atoms with van der Waals surface area (Å²) in [6.45, 7) is 6.01. The SMILES string of the molecule is CCN1CCN(S(=O)(=O)C2=C(N3CCCCCC3)C(=O)c3ccccc3C2=O)CC1. The second-order valence-corrected chi connectivity index (χ2v) is 10.00. The van der Waals surface area contributed by atoms with Crippen LogP contribution in [0.25, 0.3) is 0 Å². The minimum atomic E-state index is -4.08. The molecule has 0 spiro atoms. The van der Waals surface area contributed by atoms with Gasteiger partial charge in [-0.15, -0.1) is 0 Å². The number of allylic oxidation sites excluding steroid dienone is 2. The highest BCUT2D eigenvalue weighted by Crippen LogP contribution is 2.34. The Labute approximate surface area is 178 Å². The number of Topliss-reactive ketones (excluding diaryl/α,β-unsaturated/α-hetero) is 2. The van der Waals surface area contributed by atoms with Crippen molar-refractivity contribution >= 4 is 21.6 Å². The van der Waals surface area contributed by atoms with E-state index in [0.29, 0.717) is 44.8 Å². The molecule has 1 aromatic rings. The summed E-state index contributed by atoms with van der Waals surface area (Å²) >= 11 is 0. The van der Waals surface area contributed by atoms with Gasteiger partial charge < -0.3 is 9.80 Å². The Balaban J connectivity index is 1.82. The van der Waals surface area contributed by atoms with Crippen molar-refractivity contribution in [2.75, 3.05) is 45.8 Å². The third-order valence-electron chi connectivity index (χ3n) is 6.35. The van der Waals surface area contributed by atoms with E-state index in [4.69, 9.17) is 0 Å². The molecule has 1 aromatic carbocycles. The van der Waals surface area contributed by atoms with Crippen molar-refractivity contribution in [2.45, 2.75) is 32.6 Å². The molecule has 0 atom stereocenters. The number of hydrogen-bond donors (Lipinski definition) is 0. The Hall–Kier alpha value is -2.03. The van der Waals surface area contributed by atoms with Crippen LogP contribution in [-0.2, 0) is 10.0 Å². The lowest BCUT2D eigenvalue weighted by molar-refractivity contribution is 0.0946. The summed E-state index contributed by atoms with van der Waals surface area (Å²) in [6, 6.07) is 6.56. The van der Waals surface area contributed by atoms with Crippen LogP contribution in [0.3, 0.4) is 0 Å². The van der Waals surface area contributed by atoms with Crippen molar-refractivity contribution < 1.29 is 18.0 Å². The predicted octanol–water partition coefficient (Wildman–Crippen LogP) is 2.12. The van der Waals surface area contributed by atoms with E-state index < -0.39 is 15.8 Å². The summed E-state index contributed by atoms with van der Waals surface area (Å²) in [4.78, 5) is 30.6. The molecule has 0 amide bonds. The molecule has 0 radical (unpaired) electrons. The lowest BCUT2D eigenvalue weighted by Gasteiger charge is -2.36. The van der Waals surface area contributed by atoms with E-state index >= 15 is 0 Å². The van der Waals surface area contributed by atoms with Crippen LogP contribution in [0.5, 0.6) is 0 Å². The number of likely N-dealkylation sites (N-methyl/N-ethyl adjacent to an activating group) is 1. The number of carbonyl (C=O) groups excluding carboxylic acids is 2. The molecule has 3 aliphatic rings. The van der Waals surface area contributed by atoms with Crippen molar-refractivity contribution in [1.82, 2.24) is 14.1 Å². The van der Waals surface area contributed by atoms with Crippen molar-refractivity contribution in [1.29, 1.82) is 0 Å². The fourth-order valence-corrected chi connectivity index (χ4v) is 6.29. The van der Waals surface area contributed by atoms with Gasteiger partial charge in [0.2, 0.25) is 21.6 Å². The largest absolute Gasteiger partial charge is 0.367 e. The lowest BCUT2D eigenvalue weighted by Crippen LogP contribution is -2.50. The summed E-state index contributed by atoms with van der Waals surface area (Å²) in [5.41, 5.74) is 0.571. The Morgan fingerprint density at radius 2 is 1.37 bits per heavy atom. The number of nitrogens with zero attached hydrogens (tertiary/aromatic N) is 3. The third kappa shape index (κ3) is 3.72. The molecule has 0 saturated carbocycles. The van der Waals surface area contributed by atoms with E-state index in [-0.39, 0.29) is 21.9 Å². The van der Waals surface area contributed by atoms with Crippen molar-refractivity contribution in [3.63, 3.8) is 0 Å². The van der Waals surface area contributed by atoms with Crippen LogP contribution in [0, 0.1) is 0 Å². The number of likely N-dealkylation sites (tertiary alicyclic amines) is 1. The van der Waals surface area contributed by atoms with Crippen LogP contribution in [0.15, 0.2) is 34.9 Å². The number of carbonyl (C=O) groups is 2. The Morgan fingerprint density at radius 3 is 1.93 bits per heavy atom. The summed E-state index contributed by atoms with van der Waals surface area (Å²) in [6.07, 6.45) is 3.86. The van der Waals surface area contributed by atoms with Crippen LogP contribution in [0.1, 0.15) is 53.3 Å². The summed E-state index contributed by atoms with van der Waals surface area (Å²) in [5, 5.41) is 0. The number of sulfonamides is 1. The smallest absolute Gasteiger partial charge is 0.249 e. The van der Waals surface area contributed by atoms with E-state index in [1.807, 2.05) is 11.8 Å². The highest BCUT2D eigenvalue weighted by Gasteiger charge is 2.44. The van der Waals surface area contributed by atoms with E-state index in [1.54, 1.807) is 24.3 Å². The molecule has 2 fully saturated rings. The van der Waals surface area contributed by atoms with Gasteiger partial charge in [-0.25, -0.2) is 8.42 Å². The summed E-state index contributed by atoms with van der Waals surface area (Å²) in [5.74, 6) is -0.903. The molecule has 7 nitrogen and oxygen atoms in total. The minimum absolute atomic E-state index is 0.0820. The number of fused-ring (bicyclic) bond motifs is 1. The summed E-state index contributed by atoms with van der Waals surface area (Å²) < 4.78 is 28.8. The van der Waals surface area contributed by atoms with Crippen molar-refractivity contribution in [3.8, 4) is 0 Å². The quantitative estimate of drug-likeness (QED) is 0.727. The van der Waals surface area contributed by atoms with Gasteiger partial charge in [-0.2, -0.15) is 4.31 Å². The molecule has 0 aromatic heterocycles. The Bertz CT molecular complexity index is 970. The standard InChI is InChI=1S/C22H29N3O4S/c1-2-23-13-15-25(16-14-23)30(28,29)22-19(24-11-7-3-4-8-12-24)20(26)17-9-5-6-10-18(17)21(22)27/h5-6,9-10H,2-4,7-8,11-16H2,1H3. The normalized spacial score (nSPS) is 22.2. The fourth-order valence-electron chi connectivity index (χ4n) is 4.58. The molecule has 2 saturated heterocycles. The Kier molecular flexibility index (Phi) is 6.09. The van der Waals surface area contributed by atoms with Gasteiger partial charge in [0.1, 0.15) is 5.70 Å². The van der Waals surface area contributed by atoms with Gasteiger partial charge in [0.15, 0.2) is 4.91 Å². The maximum atomic E-state index is 13.7. The van der Waals surface area contributed by atoms with Gasteiger partial charge in [0.25, 0.3) is 0 Å². The molecule has 0 N–H and O–H groups in total. The van der Waals surface area contributed by atoms with Crippen molar-refractivity contribution in [3.05, 3.63) is 46.0 Å². The second-order valence-electron chi connectivity index (χ2n) is 8.12. The van der Waals surface area contributed by atoms with Gasteiger partial charge >= 0.3 is 0 Å². The molecule has 8 heteroatoms. The van der Waals surface area contributed by atoms with Gasteiger partial charge in [-0.05, 0) is 19.4 Å². The molecule has 4 rings (SSSR count). The number of hydrogen-bond acceptors (Lipinski definition) is 6. The molecule has 1 aliphatic carbocycles. The fraction of sp³-hybridized carbons (Fsp3) is 0.545. The average molecular weight is 432 g/mol. The van der Waals surface area contributed by atoms with Crippen molar-refractivity contribution in [2.24, 2.45) is 0 Å². The number of rotatable bonds is 4. The average Bonchev–Trinajstić information content (AvgIpc) is 3.05. The molecule has 2 heterocycles. The van der Waals surface area contributed by atoms with E-state index in [1.165, 1.54) is 4.31 Å². The van der Waals surface area contributed by atoms with Gasteiger partial charge in [0, 0.05) is 50.4 Å². The monoisotopic (exact) mass is 431 g/mol. The van der Waals surface area contributed by atoms with Crippen LogP contribution < -0.4 is 0 Å². The predicted molar refractivity (Wildman–Crippen MR) is 115 cm³/mol. The topological polar surface area (TPSA) is 78.0 Å². The number of benzene rings is 1. The molecule has 2 aliphatic heterocycles. The molecular weight excluding hydrogens is 402 g/mol. The molecule has 30 heavy (non-hydrogen) atoms. The van der Waals surface area contributed by atoms with Gasteiger partial charge in [-0.1, -0.05) is 44.0 Å². The van der Waals surface area contributed by atoms with E-state index in [2.05, 4.69) is 4.90 Å². The molecular formula is C22H29N3O4S. The van der Waals surface area contributed by atoms with Gasteiger partial charge in [-0.3, -0.25) is 9.59 Å². The first-order valence-electron chi connectivity index (χ1n) is 10.8. The first-order chi connectivity index (χ1) is 14.4. The van der Waals surface area contributed by atoms with E-state index in [9.17, 15) is 18.0 Å². The lowest BCUT2D eigenvalue weighted by atomic mass is 9.91. The highest BCUT2D eigenvalue weighted by molar-refractivity contribution is 7.94. The van der Waals surface area contributed by atoms with Crippen LogP contribution in [0.2, 0.25) is 0 Å². The first kappa shape index (κ1) is 21.2. The van der Waals surface area contributed by atoms with Crippen LogP contribution in [-0.4, -0.2) is 79.9 Å². The second kappa shape index (κ2) is 8.61. The van der Waals surface area contributed by atoms with Gasteiger partial charge in [0.05, 0.1) is 0 Å². The molecule has 0 bridgehead atoms. The maximum absolute atomic E-state index is 13.7. The highest BCUT2D eigenvalue weighted by atomic mass is 32.2. The first-order valence-corrected chi connectivity index (χ1v) is 12.3. The number of piperazine rings is 1. The molecule has 162 valence electrons. The zero-order valence-electron chi connectivity index (χ0n) is 17.5. The van der Waals surface area contributed by atoms with Crippen LogP contribution in [0.4, 0.5) is 0 Å².